The summed E-state index contributed by atoms with van der Waals surface area (Å²) in [5.74, 6) is -0.127. The maximum atomic E-state index is 12.2. The van der Waals surface area contributed by atoms with Gasteiger partial charge in [0.05, 0.1) is 24.1 Å². The van der Waals surface area contributed by atoms with Gasteiger partial charge in [-0.15, -0.1) is 0 Å². The first-order valence-corrected chi connectivity index (χ1v) is 7.69. The highest BCUT2D eigenvalue weighted by atomic mass is 16.2. The normalized spacial score (nSPS) is 11.3. The average molecular weight is 315 g/mol. The summed E-state index contributed by atoms with van der Waals surface area (Å²) in [5.41, 5.74) is 4.39. The summed E-state index contributed by atoms with van der Waals surface area (Å²) >= 11 is 0. The van der Waals surface area contributed by atoms with E-state index in [1.807, 2.05) is 29.4 Å². The van der Waals surface area contributed by atoms with Crippen molar-refractivity contribution in [2.45, 2.75) is 33.9 Å². The zero-order chi connectivity index (χ0) is 16.6. The predicted octanol–water partition coefficient (Wildman–Crippen LogP) is 1.03. The quantitative estimate of drug-likeness (QED) is 0.762. The van der Waals surface area contributed by atoms with E-state index in [0.717, 1.165) is 29.0 Å². The van der Waals surface area contributed by atoms with Gasteiger partial charge in [-0.25, -0.2) is 0 Å². The highest BCUT2D eigenvalue weighted by molar-refractivity contribution is 5.92. The van der Waals surface area contributed by atoms with Crippen molar-refractivity contribution in [2.75, 3.05) is 6.54 Å². The van der Waals surface area contributed by atoms with E-state index in [4.69, 9.17) is 0 Å². The van der Waals surface area contributed by atoms with E-state index in [0.29, 0.717) is 18.8 Å². The summed E-state index contributed by atoms with van der Waals surface area (Å²) in [4.78, 5) is 12.2. The standard InChI is InChI=1S/C15H21N7O/c1-5-21-13-9-17-22(14(13)11(3)19-21)7-6-16-15(23)12-8-10(2)18-20(12)4/h8-9H,5-7H2,1-4H3,(H,16,23). The second-order valence-corrected chi connectivity index (χ2v) is 5.55. The molecule has 0 radical (unpaired) electrons. The van der Waals surface area contributed by atoms with E-state index < -0.39 is 0 Å². The fourth-order valence-electron chi connectivity index (χ4n) is 2.82. The number of carbonyl (C=O) groups excluding carboxylic acids is 1. The summed E-state index contributed by atoms with van der Waals surface area (Å²) < 4.78 is 5.41. The van der Waals surface area contributed by atoms with Crippen molar-refractivity contribution in [2.24, 2.45) is 7.05 Å². The lowest BCUT2D eigenvalue weighted by molar-refractivity contribution is 0.0942. The van der Waals surface area contributed by atoms with Crippen LogP contribution in [0.25, 0.3) is 11.0 Å². The minimum absolute atomic E-state index is 0.127. The van der Waals surface area contributed by atoms with E-state index in [-0.39, 0.29) is 5.91 Å². The number of rotatable bonds is 5. The topological polar surface area (TPSA) is 82.6 Å². The molecule has 3 aromatic heterocycles. The van der Waals surface area contributed by atoms with Crippen molar-refractivity contribution >= 4 is 16.9 Å². The third-order valence-electron chi connectivity index (χ3n) is 3.85. The number of carbonyl (C=O) groups is 1. The molecule has 3 rings (SSSR count). The lowest BCUT2D eigenvalue weighted by atomic mass is 10.3. The molecule has 23 heavy (non-hydrogen) atoms. The molecule has 0 aliphatic heterocycles. The zero-order valence-electron chi connectivity index (χ0n) is 13.9. The summed E-state index contributed by atoms with van der Waals surface area (Å²) in [6, 6.07) is 1.77. The monoisotopic (exact) mass is 315 g/mol. The molecule has 0 aliphatic carbocycles. The molecule has 0 atom stereocenters. The fourth-order valence-corrected chi connectivity index (χ4v) is 2.82. The molecule has 8 heteroatoms. The van der Waals surface area contributed by atoms with Crippen LogP contribution >= 0.6 is 0 Å². The molecule has 122 valence electrons. The maximum absolute atomic E-state index is 12.2. The van der Waals surface area contributed by atoms with Gasteiger partial charge in [0.15, 0.2) is 0 Å². The number of nitrogens with one attached hydrogen (secondary N) is 1. The summed E-state index contributed by atoms with van der Waals surface area (Å²) in [7, 11) is 1.77. The van der Waals surface area contributed by atoms with Crippen LogP contribution in [0.3, 0.4) is 0 Å². The Labute approximate surface area is 134 Å². The smallest absolute Gasteiger partial charge is 0.269 e. The van der Waals surface area contributed by atoms with Crippen molar-refractivity contribution < 1.29 is 4.79 Å². The highest BCUT2D eigenvalue weighted by Gasteiger charge is 2.14. The predicted molar refractivity (Wildman–Crippen MR) is 86.2 cm³/mol. The molecule has 3 heterocycles. The number of fused-ring (bicyclic) bond motifs is 1. The van der Waals surface area contributed by atoms with Gasteiger partial charge in [0.2, 0.25) is 0 Å². The van der Waals surface area contributed by atoms with Crippen molar-refractivity contribution in [3.8, 4) is 0 Å². The van der Waals surface area contributed by atoms with Crippen LogP contribution in [0.15, 0.2) is 12.3 Å². The Morgan fingerprint density at radius 1 is 1.26 bits per heavy atom. The minimum atomic E-state index is -0.127. The fraction of sp³-hybridized carbons (Fsp3) is 0.467. The zero-order valence-corrected chi connectivity index (χ0v) is 13.9. The SMILES string of the molecule is CCn1nc(C)c2c1cnn2CCNC(=O)c1cc(C)nn1C. The van der Waals surface area contributed by atoms with E-state index in [1.54, 1.807) is 17.8 Å². The van der Waals surface area contributed by atoms with Crippen LogP contribution in [-0.2, 0) is 20.1 Å². The van der Waals surface area contributed by atoms with Crippen LogP contribution < -0.4 is 5.32 Å². The Hall–Kier alpha value is -2.64. The molecule has 0 fully saturated rings. The molecule has 0 spiro atoms. The van der Waals surface area contributed by atoms with Crippen LogP contribution in [0.4, 0.5) is 0 Å². The molecule has 0 saturated carbocycles. The molecule has 0 aromatic carbocycles. The van der Waals surface area contributed by atoms with Crippen LogP contribution in [0.5, 0.6) is 0 Å². The Kier molecular flexibility index (Phi) is 3.89. The van der Waals surface area contributed by atoms with Gasteiger partial charge in [-0.05, 0) is 26.8 Å². The molecule has 0 saturated heterocycles. The summed E-state index contributed by atoms with van der Waals surface area (Å²) in [5, 5.41) is 16.0. The van der Waals surface area contributed by atoms with E-state index in [9.17, 15) is 4.79 Å². The third kappa shape index (κ3) is 2.71. The summed E-state index contributed by atoms with van der Waals surface area (Å²) in [6.07, 6.45) is 1.82. The van der Waals surface area contributed by atoms with E-state index >= 15 is 0 Å². The first-order valence-electron chi connectivity index (χ1n) is 7.69. The molecule has 0 aliphatic rings. The number of hydrogen-bond donors (Lipinski definition) is 1. The van der Waals surface area contributed by atoms with Gasteiger partial charge in [-0.3, -0.25) is 18.8 Å². The molecule has 0 unspecified atom stereocenters. The van der Waals surface area contributed by atoms with Gasteiger partial charge < -0.3 is 5.32 Å². The first kappa shape index (κ1) is 15.3. The van der Waals surface area contributed by atoms with Gasteiger partial charge in [-0.1, -0.05) is 0 Å². The molecule has 8 nitrogen and oxygen atoms in total. The number of nitrogens with zero attached hydrogens (tertiary/aromatic N) is 6. The molecule has 3 aromatic rings. The first-order chi connectivity index (χ1) is 11.0. The lowest BCUT2D eigenvalue weighted by Crippen LogP contribution is -2.29. The number of aryl methyl sites for hydroxylation is 4. The van der Waals surface area contributed by atoms with E-state index in [1.165, 1.54) is 0 Å². The largest absolute Gasteiger partial charge is 0.349 e. The number of aromatic nitrogens is 6. The number of hydrogen-bond acceptors (Lipinski definition) is 4. The van der Waals surface area contributed by atoms with Crippen LogP contribution in [0.2, 0.25) is 0 Å². The second-order valence-electron chi connectivity index (χ2n) is 5.55. The molecular formula is C15H21N7O. The Balaban J connectivity index is 1.68. The summed E-state index contributed by atoms with van der Waals surface area (Å²) in [6.45, 7) is 7.81. The van der Waals surface area contributed by atoms with Crippen LogP contribution in [0.1, 0.15) is 28.8 Å². The minimum Gasteiger partial charge on any atom is -0.349 e. The molecule has 1 amide bonds. The average Bonchev–Trinajstić information content (AvgIpc) is 3.15. The second kappa shape index (κ2) is 5.86. The molecule has 0 bridgehead atoms. The van der Waals surface area contributed by atoms with Crippen molar-refractivity contribution in [3.05, 3.63) is 29.3 Å². The van der Waals surface area contributed by atoms with Gasteiger partial charge in [0.1, 0.15) is 16.7 Å². The van der Waals surface area contributed by atoms with E-state index in [2.05, 4.69) is 27.5 Å². The van der Waals surface area contributed by atoms with Gasteiger partial charge in [0.25, 0.3) is 5.91 Å². The maximum Gasteiger partial charge on any atom is 0.269 e. The van der Waals surface area contributed by atoms with Crippen LogP contribution in [-0.4, -0.2) is 41.8 Å². The number of amides is 1. The Morgan fingerprint density at radius 3 is 2.70 bits per heavy atom. The third-order valence-corrected chi connectivity index (χ3v) is 3.85. The van der Waals surface area contributed by atoms with Crippen molar-refractivity contribution in [3.63, 3.8) is 0 Å². The Morgan fingerprint density at radius 2 is 2.04 bits per heavy atom. The Bertz CT molecular complexity index is 855. The van der Waals surface area contributed by atoms with Gasteiger partial charge >= 0.3 is 0 Å². The lowest BCUT2D eigenvalue weighted by Gasteiger charge is -2.06. The molecular weight excluding hydrogens is 294 g/mol. The van der Waals surface area contributed by atoms with Crippen molar-refractivity contribution in [1.29, 1.82) is 0 Å². The van der Waals surface area contributed by atoms with Gasteiger partial charge in [-0.2, -0.15) is 15.3 Å². The van der Waals surface area contributed by atoms with Gasteiger partial charge in [0, 0.05) is 20.1 Å². The highest BCUT2D eigenvalue weighted by Crippen LogP contribution is 2.17. The van der Waals surface area contributed by atoms with Crippen molar-refractivity contribution in [1.82, 2.24) is 34.7 Å². The van der Waals surface area contributed by atoms with Crippen LogP contribution in [0, 0.1) is 13.8 Å². The molecule has 1 N–H and O–H groups in total.